The van der Waals surface area contributed by atoms with Crippen molar-refractivity contribution in [1.82, 2.24) is 5.43 Å². The van der Waals surface area contributed by atoms with Gasteiger partial charge in [-0.25, -0.2) is 5.43 Å². The standard InChI is InChI=1S/C18H18ClN3O4/c1-2-3-10-26-15-7-4-13(5-8-15)12-20-21-18(23)14-6-9-16(19)17(11-14)22(24)25/h4-9,11-12H,2-3,10H2,1H3,(H,21,23)/b20-12+. The number of benzene rings is 2. The van der Waals surface area contributed by atoms with Crippen LogP contribution in [-0.4, -0.2) is 23.7 Å². The average molecular weight is 376 g/mol. The van der Waals surface area contributed by atoms with E-state index in [2.05, 4.69) is 17.5 Å². The van der Waals surface area contributed by atoms with Gasteiger partial charge in [0.15, 0.2) is 0 Å². The number of nitrogens with zero attached hydrogens (tertiary/aromatic N) is 2. The number of nitro groups is 1. The Morgan fingerprint density at radius 3 is 2.69 bits per heavy atom. The first-order chi connectivity index (χ1) is 12.5. The van der Waals surface area contributed by atoms with Gasteiger partial charge in [0, 0.05) is 11.6 Å². The normalized spacial score (nSPS) is 10.7. The fourth-order valence-corrected chi connectivity index (χ4v) is 2.19. The summed E-state index contributed by atoms with van der Waals surface area (Å²) in [7, 11) is 0. The van der Waals surface area contributed by atoms with E-state index in [4.69, 9.17) is 16.3 Å². The lowest BCUT2D eigenvalue weighted by atomic mass is 10.2. The summed E-state index contributed by atoms with van der Waals surface area (Å²) in [5, 5.41) is 14.7. The monoisotopic (exact) mass is 375 g/mol. The molecule has 0 atom stereocenters. The zero-order valence-corrected chi connectivity index (χ0v) is 14.9. The molecule has 0 saturated carbocycles. The molecule has 0 heterocycles. The highest BCUT2D eigenvalue weighted by atomic mass is 35.5. The second-order valence-electron chi connectivity index (χ2n) is 5.39. The van der Waals surface area contributed by atoms with Crippen molar-refractivity contribution < 1.29 is 14.5 Å². The molecule has 0 radical (unpaired) electrons. The molecule has 0 unspecified atom stereocenters. The van der Waals surface area contributed by atoms with Crippen molar-refractivity contribution in [3.63, 3.8) is 0 Å². The van der Waals surface area contributed by atoms with Crippen LogP contribution in [0.2, 0.25) is 5.02 Å². The second-order valence-corrected chi connectivity index (χ2v) is 5.80. The summed E-state index contributed by atoms with van der Waals surface area (Å²) < 4.78 is 5.56. The number of nitrogens with one attached hydrogen (secondary N) is 1. The highest BCUT2D eigenvalue weighted by Crippen LogP contribution is 2.24. The molecule has 0 aliphatic rings. The molecule has 136 valence electrons. The Kier molecular flexibility index (Phi) is 7.11. The zero-order chi connectivity index (χ0) is 18.9. The molecule has 7 nitrogen and oxygen atoms in total. The maximum atomic E-state index is 12.0. The summed E-state index contributed by atoms with van der Waals surface area (Å²) in [5.74, 6) is 0.202. The van der Waals surface area contributed by atoms with Gasteiger partial charge in [0.1, 0.15) is 10.8 Å². The Labute approximate surface area is 155 Å². The minimum absolute atomic E-state index is 0.0312. The Morgan fingerprint density at radius 2 is 2.04 bits per heavy atom. The Balaban J connectivity index is 1.94. The molecule has 2 aromatic rings. The topological polar surface area (TPSA) is 93.8 Å². The third-order valence-corrected chi connectivity index (χ3v) is 3.75. The Morgan fingerprint density at radius 1 is 1.31 bits per heavy atom. The Hall–Kier alpha value is -2.93. The predicted molar refractivity (Wildman–Crippen MR) is 100 cm³/mol. The van der Waals surface area contributed by atoms with Crippen molar-refractivity contribution in [3.05, 3.63) is 68.7 Å². The van der Waals surface area contributed by atoms with Gasteiger partial charge < -0.3 is 4.74 Å². The van der Waals surface area contributed by atoms with Gasteiger partial charge in [-0.15, -0.1) is 0 Å². The number of unbranched alkanes of at least 4 members (excludes halogenated alkanes) is 1. The molecule has 0 aromatic heterocycles. The highest BCUT2D eigenvalue weighted by molar-refractivity contribution is 6.32. The maximum Gasteiger partial charge on any atom is 0.288 e. The van der Waals surface area contributed by atoms with Gasteiger partial charge in [0.2, 0.25) is 0 Å². The lowest BCUT2D eigenvalue weighted by molar-refractivity contribution is -0.384. The van der Waals surface area contributed by atoms with Crippen LogP contribution >= 0.6 is 11.6 Å². The second kappa shape index (κ2) is 9.53. The van der Waals surface area contributed by atoms with Crippen LogP contribution in [0.4, 0.5) is 5.69 Å². The first-order valence-electron chi connectivity index (χ1n) is 8.01. The van der Waals surface area contributed by atoms with Crippen LogP contribution in [0, 0.1) is 10.1 Å². The van der Waals surface area contributed by atoms with E-state index in [9.17, 15) is 14.9 Å². The smallest absolute Gasteiger partial charge is 0.288 e. The third-order valence-electron chi connectivity index (χ3n) is 3.43. The molecule has 0 bridgehead atoms. The quantitative estimate of drug-likeness (QED) is 0.324. The van der Waals surface area contributed by atoms with E-state index in [-0.39, 0.29) is 16.3 Å². The number of nitro benzene ring substituents is 1. The molecule has 2 aromatic carbocycles. The molecule has 8 heteroatoms. The van der Waals surface area contributed by atoms with Crippen molar-refractivity contribution >= 4 is 29.4 Å². The highest BCUT2D eigenvalue weighted by Gasteiger charge is 2.15. The van der Waals surface area contributed by atoms with E-state index in [0.717, 1.165) is 30.2 Å². The predicted octanol–water partition coefficient (Wildman–Crippen LogP) is 4.19. The van der Waals surface area contributed by atoms with Crippen LogP contribution < -0.4 is 10.2 Å². The van der Waals surface area contributed by atoms with E-state index in [0.29, 0.717) is 6.61 Å². The molecular formula is C18H18ClN3O4. The molecule has 0 aliphatic heterocycles. The van der Waals surface area contributed by atoms with E-state index in [1.165, 1.54) is 18.3 Å². The number of carbonyl (C=O) groups is 1. The van der Waals surface area contributed by atoms with E-state index in [1.807, 2.05) is 24.3 Å². The molecule has 2 rings (SSSR count). The molecule has 0 fully saturated rings. The summed E-state index contributed by atoms with van der Waals surface area (Å²) in [4.78, 5) is 22.2. The summed E-state index contributed by atoms with van der Waals surface area (Å²) in [6, 6.07) is 11.1. The van der Waals surface area contributed by atoms with Crippen molar-refractivity contribution in [1.29, 1.82) is 0 Å². The number of hydrazone groups is 1. The van der Waals surface area contributed by atoms with Crippen molar-refractivity contribution in [3.8, 4) is 5.75 Å². The fourth-order valence-electron chi connectivity index (χ4n) is 2.01. The summed E-state index contributed by atoms with van der Waals surface area (Å²) in [6.07, 6.45) is 3.54. The molecule has 1 N–H and O–H groups in total. The average Bonchev–Trinajstić information content (AvgIpc) is 2.63. The van der Waals surface area contributed by atoms with Gasteiger partial charge in [0.25, 0.3) is 11.6 Å². The molecular weight excluding hydrogens is 358 g/mol. The lowest BCUT2D eigenvalue weighted by Crippen LogP contribution is -2.17. The van der Waals surface area contributed by atoms with Crippen LogP contribution in [0.1, 0.15) is 35.7 Å². The number of ether oxygens (including phenoxy) is 1. The first-order valence-corrected chi connectivity index (χ1v) is 8.39. The molecule has 0 saturated heterocycles. The summed E-state index contributed by atoms with van der Waals surface area (Å²) in [6.45, 7) is 2.77. The van der Waals surface area contributed by atoms with Crippen molar-refractivity contribution in [2.75, 3.05) is 6.61 Å². The van der Waals surface area contributed by atoms with Crippen LogP contribution in [0.15, 0.2) is 47.6 Å². The van der Waals surface area contributed by atoms with Gasteiger partial charge in [-0.05, 0) is 48.4 Å². The van der Waals surface area contributed by atoms with Crippen molar-refractivity contribution in [2.45, 2.75) is 19.8 Å². The maximum absolute atomic E-state index is 12.0. The lowest BCUT2D eigenvalue weighted by Gasteiger charge is -2.05. The van der Waals surface area contributed by atoms with Crippen LogP contribution in [0.25, 0.3) is 0 Å². The number of halogens is 1. The van der Waals surface area contributed by atoms with Gasteiger partial charge in [-0.3, -0.25) is 14.9 Å². The number of amides is 1. The number of rotatable bonds is 8. The fraction of sp³-hybridized carbons (Fsp3) is 0.222. The minimum atomic E-state index is -0.646. The summed E-state index contributed by atoms with van der Waals surface area (Å²) >= 11 is 5.72. The van der Waals surface area contributed by atoms with Crippen LogP contribution in [-0.2, 0) is 0 Å². The van der Waals surface area contributed by atoms with E-state index in [1.54, 1.807) is 0 Å². The Bertz CT molecular complexity index is 807. The van der Waals surface area contributed by atoms with E-state index >= 15 is 0 Å². The number of carbonyl (C=O) groups excluding carboxylic acids is 1. The van der Waals surface area contributed by atoms with Gasteiger partial charge in [0.05, 0.1) is 17.7 Å². The molecule has 0 aliphatic carbocycles. The van der Waals surface area contributed by atoms with Gasteiger partial charge in [-0.1, -0.05) is 24.9 Å². The summed E-state index contributed by atoms with van der Waals surface area (Å²) in [5.41, 5.74) is 2.86. The first kappa shape index (κ1) is 19.4. The largest absolute Gasteiger partial charge is 0.494 e. The van der Waals surface area contributed by atoms with Crippen LogP contribution in [0.5, 0.6) is 5.75 Å². The van der Waals surface area contributed by atoms with Crippen LogP contribution in [0.3, 0.4) is 0 Å². The number of hydrogen-bond acceptors (Lipinski definition) is 5. The van der Waals surface area contributed by atoms with Crippen molar-refractivity contribution in [2.24, 2.45) is 5.10 Å². The number of hydrogen-bond donors (Lipinski definition) is 1. The third kappa shape index (κ3) is 5.56. The molecule has 0 spiro atoms. The van der Waals surface area contributed by atoms with Gasteiger partial charge in [-0.2, -0.15) is 5.10 Å². The zero-order valence-electron chi connectivity index (χ0n) is 14.1. The minimum Gasteiger partial charge on any atom is -0.494 e. The SMILES string of the molecule is CCCCOc1ccc(/C=N/NC(=O)c2ccc(Cl)c([N+](=O)[O-])c2)cc1. The van der Waals surface area contributed by atoms with E-state index < -0.39 is 10.8 Å². The van der Waals surface area contributed by atoms with Gasteiger partial charge >= 0.3 is 0 Å². The molecule has 1 amide bonds. The molecule has 26 heavy (non-hydrogen) atoms.